The predicted molar refractivity (Wildman–Crippen MR) is 84.3 cm³/mol. The van der Waals surface area contributed by atoms with Gasteiger partial charge in [0.1, 0.15) is 5.82 Å². The fourth-order valence-corrected chi connectivity index (χ4v) is 2.79. The lowest BCUT2D eigenvalue weighted by molar-refractivity contribution is 0.618. The highest BCUT2D eigenvalue weighted by Gasteiger charge is 2.19. The van der Waals surface area contributed by atoms with Crippen LogP contribution in [0.3, 0.4) is 0 Å². The summed E-state index contributed by atoms with van der Waals surface area (Å²) in [7, 11) is 0. The Bertz CT molecular complexity index is 716. The molecule has 0 bridgehead atoms. The van der Waals surface area contributed by atoms with Crippen molar-refractivity contribution in [2.75, 3.05) is 0 Å². The fourth-order valence-electron chi connectivity index (χ4n) is 2.63. The van der Waals surface area contributed by atoms with Crippen LogP contribution in [0.15, 0.2) is 54.6 Å². The second-order valence-electron chi connectivity index (χ2n) is 5.03. The van der Waals surface area contributed by atoms with Crippen LogP contribution in [0.2, 0.25) is 0 Å². The number of fused-ring (bicyclic) bond motifs is 1. The quantitative estimate of drug-likeness (QED) is 0.623. The van der Waals surface area contributed by atoms with E-state index in [9.17, 15) is 0 Å². The number of hydrogen-bond donors (Lipinski definition) is 0. The molecule has 0 saturated carbocycles. The average molecular weight is 285 g/mol. The molecule has 3 heteroatoms. The Labute approximate surface area is 124 Å². The van der Waals surface area contributed by atoms with Gasteiger partial charge in [0.2, 0.25) is 0 Å². The summed E-state index contributed by atoms with van der Waals surface area (Å²) in [4.78, 5) is 4.69. The van der Waals surface area contributed by atoms with Gasteiger partial charge in [0.05, 0.1) is 22.5 Å². The summed E-state index contributed by atoms with van der Waals surface area (Å²) in [6.45, 7) is 4.16. The molecular formula is C17H17ClN2. The van der Waals surface area contributed by atoms with Gasteiger partial charge in [-0.15, -0.1) is 11.6 Å². The molecule has 0 saturated heterocycles. The van der Waals surface area contributed by atoms with E-state index < -0.39 is 0 Å². The van der Waals surface area contributed by atoms with Gasteiger partial charge in [-0.25, -0.2) is 4.98 Å². The predicted octanol–water partition coefficient (Wildman–Crippen LogP) is 4.95. The lowest BCUT2D eigenvalue weighted by Crippen LogP contribution is -2.11. The van der Waals surface area contributed by atoms with Gasteiger partial charge in [-0.1, -0.05) is 42.5 Å². The number of benzene rings is 2. The molecule has 0 fully saturated rings. The molecule has 1 aromatic heterocycles. The Hall–Kier alpha value is -1.80. The van der Waals surface area contributed by atoms with E-state index in [-0.39, 0.29) is 11.4 Å². The molecule has 0 N–H and O–H groups in total. The van der Waals surface area contributed by atoms with Crippen LogP contribution in [-0.4, -0.2) is 9.55 Å². The molecule has 3 rings (SSSR count). The van der Waals surface area contributed by atoms with Gasteiger partial charge < -0.3 is 4.57 Å². The number of alkyl halides is 1. The Morgan fingerprint density at radius 2 is 1.60 bits per heavy atom. The third-order valence-corrected chi connectivity index (χ3v) is 3.84. The molecule has 3 aromatic rings. The van der Waals surface area contributed by atoms with Crippen LogP contribution in [-0.2, 0) is 0 Å². The zero-order valence-electron chi connectivity index (χ0n) is 11.6. The maximum atomic E-state index is 6.33. The molecule has 20 heavy (non-hydrogen) atoms. The van der Waals surface area contributed by atoms with Gasteiger partial charge in [0.15, 0.2) is 0 Å². The number of aromatic nitrogens is 2. The first kappa shape index (κ1) is 13.2. The first-order valence-corrected chi connectivity index (χ1v) is 7.28. The Kier molecular flexibility index (Phi) is 3.49. The van der Waals surface area contributed by atoms with Crippen LogP contribution in [0, 0.1) is 0 Å². The summed E-state index contributed by atoms with van der Waals surface area (Å²) in [5, 5.41) is -0.117. The minimum absolute atomic E-state index is 0.117. The smallest absolute Gasteiger partial charge is 0.128 e. The highest BCUT2D eigenvalue weighted by molar-refractivity contribution is 6.20. The number of imidazole rings is 1. The summed E-state index contributed by atoms with van der Waals surface area (Å²) in [6, 6.07) is 18.8. The van der Waals surface area contributed by atoms with Crippen molar-refractivity contribution in [3.8, 4) is 0 Å². The van der Waals surface area contributed by atoms with Gasteiger partial charge >= 0.3 is 0 Å². The first-order chi connectivity index (χ1) is 9.68. The number of hydrogen-bond acceptors (Lipinski definition) is 1. The monoisotopic (exact) mass is 284 g/mol. The Morgan fingerprint density at radius 1 is 0.950 bits per heavy atom. The fraction of sp³-hybridized carbons (Fsp3) is 0.235. The van der Waals surface area contributed by atoms with Crippen LogP contribution in [0.1, 0.15) is 36.7 Å². The van der Waals surface area contributed by atoms with Gasteiger partial charge in [0, 0.05) is 0 Å². The first-order valence-electron chi connectivity index (χ1n) is 6.84. The van der Waals surface area contributed by atoms with Crippen molar-refractivity contribution in [2.24, 2.45) is 0 Å². The molecular weight excluding hydrogens is 268 g/mol. The van der Waals surface area contributed by atoms with Crippen LogP contribution < -0.4 is 0 Å². The minimum atomic E-state index is -0.117. The van der Waals surface area contributed by atoms with Gasteiger partial charge in [-0.05, 0) is 31.5 Å². The summed E-state index contributed by atoms with van der Waals surface area (Å²) in [5.74, 6) is 0.921. The van der Waals surface area contributed by atoms with Crippen LogP contribution in [0.4, 0.5) is 0 Å². The average Bonchev–Trinajstić information content (AvgIpc) is 2.87. The van der Waals surface area contributed by atoms with Gasteiger partial charge in [0.25, 0.3) is 0 Å². The molecule has 2 nitrogen and oxygen atoms in total. The third kappa shape index (κ3) is 2.20. The van der Waals surface area contributed by atoms with E-state index in [1.807, 2.05) is 31.2 Å². The molecule has 0 radical (unpaired) electrons. The second-order valence-corrected chi connectivity index (χ2v) is 5.69. The van der Waals surface area contributed by atoms with Crippen LogP contribution in [0.5, 0.6) is 0 Å². The van der Waals surface area contributed by atoms with Crippen LogP contribution in [0.25, 0.3) is 11.0 Å². The highest BCUT2D eigenvalue weighted by atomic mass is 35.5. The topological polar surface area (TPSA) is 17.8 Å². The lowest BCUT2D eigenvalue weighted by atomic mass is 10.1. The molecule has 0 aliphatic rings. The number of halogens is 1. The molecule has 2 atom stereocenters. The van der Waals surface area contributed by atoms with Crippen molar-refractivity contribution in [3.05, 3.63) is 66.0 Å². The molecule has 0 amide bonds. The SMILES string of the molecule is CC(Cl)c1nc2ccccc2n1C(C)c1ccccc1. The van der Waals surface area contributed by atoms with E-state index in [4.69, 9.17) is 11.6 Å². The number of nitrogens with zero attached hydrogens (tertiary/aromatic N) is 2. The Balaban J connectivity index is 2.21. The van der Waals surface area contributed by atoms with Crippen molar-refractivity contribution in [3.63, 3.8) is 0 Å². The highest BCUT2D eigenvalue weighted by Crippen LogP contribution is 2.30. The van der Waals surface area contributed by atoms with Crippen molar-refractivity contribution in [1.82, 2.24) is 9.55 Å². The maximum absolute atomic E-state index is 6.33. The molecule has 2 unspecified atom stereocenters. The van der Waals surface area contributed by atoms with E-state index in [1.54, 1.807) is 0 Å². The number of rotatable bonds is 3. The zero-order valence-corrected chi connectivity index (χ0v) is 12.4. The summed E-state index contributed by atoms with van der Waals surface area (Å²) >= 11 is 6.33. The largest absolute Gasteiger partial charge is 0.319 e. The minimum Gasteiger partial charge on any atom is -0.319 e. The van der Waals surface area contributed by atoms with Crippen LogP contribution >= 0.6 is 11.6 Å². The van der Waals surface area contributed by atoms with Gasteiger partial charge in [-0.2, -0.15) is 0 Å². The van der Waals surface area contributed by atoms with E-state index in [0.29, 0.717) is 0 Å². The third-order valence-electron chi connectivity index (χ3n) is 3.65. The van der Waals surface area contributed by atoms with Crippen molar-refractivity contribution in [2.45, 2.75) is 25.3 Å². The standard InChI is InChI=1S/C17H17ClN2/c1-12(18)17-19-15-10-6-7-11-16(15)20(17)13(2)14-8-4-3-5-9-14/h3-13H,1-2H3. The summed E-state index contributed by atoms with van der Waals surface area (Å²) < 4.78 is 2.24. The normalized spacial score (nSPS) is 14.3. The Morgan fingerprint density at radius 3 is 2.30 bits per heavy atom. The molecule has 2 aromatic carbocycles. The summed E-state index contributed by atoms with van der Waals surface area (Å²) in [6.07, 6.45) is 0. The van der Waals surface area contributed by atoms with Gasteiger partial charge in [-0.3, -0.25) is 0 Å². The zero-order chi connectivity index (χ0) is 14.1. The summed E-state index contributed by atoms with van der Waals surface area (Å²) in [5.41, 5.74) is 3.39. The molecule has 102 valence electrons. The lowest BCUT2D eigenvalue weighted by Gasteiger charge is -2.19. The second kappa shape index (κ2) is 5.29. The van der Waals surface area contributed by atoms with Crippen molar-refractivity contribution >= 4 is 22.6 Å². The maximum Gasteiger partial charge on any atom is 0.128 e. The molecule has 1 heterocycles. The molecule has 0 spiro atoms. The molecule has 0 aliphatic heterocycles. The van der Waals surface area contributed by atoms with Crippen molar-refractivity contribution in [1.29, 1.82) is 0 Å². The van der Waals surface area contributed by atoms with E-state index in [2.05, 4.69) is 46.8 Å². The van der Waals surface area contributed by atoms with E-state index in [1.165, 1.54) is 5.56 Å². The number of para-hydroxylation sites is 2. The van der Waals surface area contributed by atoms with E-state index >= 15 is 0 Å². The van der Waals surface area contributed by atoms with Crippen molar-refractivity contribution < 1.29 is 0 Å². The van der Waals surface area contributed by atoms with E-state index in [0.717, 1.165) is 16.9 Å². The molecule has 0 aliphatic carbocycles.